The number of likely N-dealkylation sites (tertiary alicyclic amines) is 1. The van der Waals surface area contributed by atoms with Gasteiger partial charge in [-0.2, -0.15) is 5.10 Å². The highest BCUT2D eigenvalue weighted by atomic mass is 16.5. The van der Waals surface area contributed by atoms with Crippen molar-refractivity contribution in [1.29, 1.82) is 0 Å². The second-order valence-electron chi connectivity index (χ2n) is 7.51. The highest BCUT2D eigenvalue weighted by molar-refractivity contribution is 5.99. The second kappa shape index (κ2) is 7.13. The highest BCUT2D eigenvalue weighted by Crippen LogP contribution is 2.33. The van der Waals surface area contributed by atoms with Crippen LogP contribution in [0.4, 0.5) is 0 Å². The fraction of sp³-hybridized carbons (Fsp3) is 0.227. The summed E-state index contributed by atoms with van der Waals surface area (Å²) in [4.78, 5) is 26.1. The van der Waals surface area contributed by atoms with E-state index < -0.39 is 6.10 Å². The molecular formula is C22H20N4O5. The summed E-state index contributed by atoms with van der Waals surface area (Å²) in [6, 6.07) is 8.71. The van der Waals surface area contributed by atoms with Crippen molar-refractivity contribution < 1.29 is 23.8 Å². The average Bonchev–Trinajstić information content (AvgIpc) is 3.32. The first-order chi connectivity index (χ1) is 14.9. The van der Waals surface area contributed by atoms with E-state index in [1.807, 2.05) is 13.0 Å². The van der Waals surface area contributed by atoms with Crippen LogP contribution in [0.5, 0.6) is 11.5 Å². The quantitative estimate of drug-likeness (QED) is 0.525. The number of carbonyl (C=O) groups excluding carboxylic acids is 2. The third kappa shape index (κ3) is 3.19. The first-order valence-corrected chi connectivity index (χ1v) is 9.82. The third-order valence-corrected chi connectivity index (χ3v) is 5.44. The van der Waals surface area contributed by atoms with E-state index in [1.165, 1.54) is 0 Å². The summed E-state index contributed by atoms with van der Waals surface area (Å²) in [7, 11) is 1.54. The first kappa shape index (κ1) is 19.1. The SMILES string of the molecule is CNC(=O)c1cc2ccc(Oc3ccnn4cc(C(=O)N5CC(O)C5)c(C)c34)cc2o1. The number of benzene rings is 1. The van der Waals surface area contributed by atoms with E-state index in [1.54, 1.807) is 53.1 Å². The molecule has 4 aromatic rings. The predicted molar refractivity (Wildman–Crippen MR) is 112 cm³/mol. The van der Waals surface area contributed by atoms with E-state index in [0.717, 1.165) is 10.9 Å². The van der Waals surface area contributed by atoms with Crippen LogP contribution in [0.25, 0.3) is 16.5 Å². The molecule has 9 nitrogen and oxygen atoms in total. The van der Waals surface area contributed by atoms with Crippen molar-refractivity contribution in [1.82, 2.24) is 19.8 Å². The smallest absolute Gasteiger partial charge is 0.286 e. The van der Waals surface area contributed by atoms with Crippen LogP contribution in [-0.4, -0.2) is 57.7 Å². The number of fused-ring (bicyclic) bond motifs is 2. The molecule has 0 bridgehead atoms. The van der Waals surface area contributed by atoms with Crippen LogP contribution in [0, 0.1) is 6.92 Å². The molecule has 0 atom stereocenters. The zero-order chi connectivity index (χ0) is 21.7. The number of aliphatic hydroxyl groups is 1. The summed E-state index contributed by atoms with van der Waals surface area (Å²) in [6.07, 6.45) is 2.81. The van der Waals surface area contributed by atoms with E-state index in [9.17, 15) is 14.7 Å². The van der Waals surface area contributed by atoms with Gasteiger partial charge in [-0.05, 0) is 30.7 Å². The lowest BCUT2D eigenvalue weighted by molar-refractivity contribution is 0.00585. The van der Waals surface area contributed by atoms with E-state index >= 15 is 0 Å². The maximum absolute atomic E-state index is 12.7. The molecule has 3 aromatic heterocycles. The Bertz CT molecular complexity index is 1330. The number of aryl methyl sites for hydroxylation is 1. The van der Waals surface area contributed by atoms with Crippen LogP contribution in [0.15, 0.2) is 47.1 Å². The number of hydrogen-bond donors (Lipinski definition) is 2. The van der Waals surface area contributed by atoms with Gasteiger partial charge in [-0.15, -0.1) is 0 Å². The molecule has 5 rings (SSSR count). The van der Waals surface area contributed by atoms with Gasteiger partial charge in [0.2, 0.25) is 0 Å². The van der Waals surface area contributed by atoms with Gasteiger partial charge < -0.3 is 24.5 Å². The zero-order valence-electron chi connectivity index (χ0n) is 17.0. The molecule has 1 aliphatic heterocycles. The topological polar surface area (TPSA) is 109 Å². The molecule has 0 aliphatic carbocycles. The summed E-state index contributed by atoms with van der Waals surface area (Å²) >= 11 is 0. The van der Waals surface area contributed by atoms with E-state index in [-0.39, 0.29) is 17.6 Å². The van der Waals surface area contributed by atoms with Crippen molar-refractivity contribution in [3.05, 3.63) is 59.6 Å². The number of furan rings is 1. The molecule has 9 heteroatoms. The Labute approximate surface area is 176 Å². The molecule has 4 heterocycles. The molecular weight excluding hydrogens is 400 g/mol. The van der Waals surface area contributed by atoms with Crippen molar-refractivity contribution in [2.24, 2.45) is 0 Å². The summed E-state index contributed by atoms with van der Waals surface area (Å²) in [5, 5.41) is 17.1. The fourth-order valence-electron chi connectivity index (χ4n) is 3.75. The normalized spacial score (nSPS) is 14.1. The van der Waals surface area contributed by atoms with E-state index in [2.05, 4.69) is 10.4 Å². The number of aliphatic hydroxyl groups excluding tert-OH is 1. The molecule has 0 spiro atoms. The van der Waals surface area contributed by atoms with Crippen molar-refractivity contribution >= 4 is 28.3 Å². The van der Waals surface area contributed by atoms with Gasteiger partial charge in [-0.3, -0.25) is 9.59 Å². The molecule has 0 radical (unpaired) electrons. The minimum Gasteiger partial charge on any atom is -0.455 e. The number of β-amino-alcohol motifs (C(OH)–C–C–N with tert-alkyl or cyclic N) is 1. The van der Waals surface area contributed by atoms with Gasteiger partial charge in [0.05, 0.1) is 17.9 Å². The van der Waals surface area contributed by atoms with Gasteiger partial charge in [0.25, 0.3) is 11.8 Å². The summed E-state index contributed by atoms with van der Waals surface area (Å²) in [5.41, 5.74) is 2.47. The minimum atomic E-state index is -0.459. The Balaban J connectivity index is 1.49. The zero-order valence-corrected chi connectivity index (χ0v) is 17.0. The number of amides is 2. The van der Waals surface area contributed by atoms with Crippen LogP contribution in [-0.2, 0) is 0 Å². The number of carbonyl (C=O) groups is 2. The van der Waals surface area contributed by atoms with Gasteiger partial charge in [-0.1, -0.05) is 0 Å². The number of aromatic nitrogens is 2. The molecule has 2 N–H and O–H groups in total. The standard InChI is InChI=1S/C22H20N4O5/c1-12-16(22(29)25-9-14(27)10-25)11-26-20(12)17(5-6-24-26)30-15-4-3-13-7-19(21(28)23-2)31-18(13)8-15/h3-8,11,14,27H,9-10H2,1-2H3,(H,23,28). The molecule has 0 unspecified atom stereocenters. The summed E-state index contributed by atoms with van der Waals surface area (Å²) in [5.74, 6) is 0.844. The molecule has 1 aromatic carbocycles. The Morgan fingerprint density at radius 3 is 2.81 bits per heavy atom. The average molecular weight is 420 g/mol. The minimum absolute atomic E-state index is 0.141. The molecule has 31 heavy (non-hydrogen) atoms. The number of nitrogens with one attached hydrogen (secondary N) is 1. The molecule has 2 amide bonds. The van der Waals surface area contributed by atoms with Gasteiger partial charge in [0.1, 0.15) is 16.8 Å². The molecule has 1 fully saturated rings. The molecule has 1 aliphatic rings. The third-order valence-electron chi connectivity index (χ3n) is 5.44. The second-order valence-corrected chi connectivity index (χ2v) is 7.51. The number of nitrogens with zero attached hydrogens (tertiary/aromatic N) is 3. The summed E-state index contributed by atoms with van der Waals surface area (Å²) < 4.78 is 13.3. The predicted octanol–water partition coefficient (Wildman–Crippen LogP) is 2.36. The van der Waals surface area contributed by atoms with Crippen LogP contribution in [0.2, 0.25) is 0 Å². The van der Waals surface area contributed by atoms with Crippen LogP contribution in [0.3, 0.4) is 0 Å². The summed E-state index contributed by atoms with van der Waals surface area (Å²) in [6.45, 7) is 2.52. The van der Waals surface area contributed by atoms with E-state index in [0.29, 0.717) is 41.3 Å². The van der Waals surface area contributed by atoms with Gasteiger partial charge in [0, 0.05) is 43.9 Å². The van der Waals surface area contributed by atoms with Gasteiger partial charge in [-0.25, -0.2) is 4.52 Å². The number of hydrogen-bond acceptors (Lipinski definition) is 6. The monoisotopic (exact) mass is 420 g/mol. The van der Waals surface area contributed by atoms with Crippen LogP contribution < -0.4 is 10.1 Å². The van der Waals surface area contributed by atoms with Crippen molar-refractivity contribution in [3.8, 4) is 11.5 Å². The van der Waals surface area contributed by atoms with Crippen LogP contribution >= 0.6 is 0 Å². The molecule has 0 saturated carbocycles. The van der Waals surface area contributed by atoms with Gasteiger partial charge >= 0.3 is 0 Å². The Kier molecular flexibility index (Phi) is 4.40. The van der Waals surface area contributed by atoms with E-state index in [4.69, 9.17) is 9.15 Å². The maximum Gasteiger partial charge on any atom is 0.286 e. The fourth-order valence-corrected chi connectivity index (χ4v) is 3.75. The molecule has 158 valence electrons. The van der Waals surface area contributed by atoms with Crippen molar-refractivity contribution in [3.63, 3.8) is 0 Å². The number of ether oxygens (including phenoxy) is 1. The van der Waals surface area contributed by atoms with Gasteiger partial charge in [0.15, 0.2) is 11.5 Å². The molecule has 1 saturated heterocycles. The highest BCUT2D eigenvalue weighted by Gasteiger charge is 2.31. The maximum atomic E-state index is 12.7. The Morgan fingerprint density at radius 1 is 1.26 bits per heavy atom. The number of rotatable bonds is 4. The Hall–Kier alpha value is -3.85. The largest absolute Gasteiger partial charge is 0.455 e. The lowest BCUT2D eigenvalue weighted by Gasteiger charge is -2.35. The lowest BCUT2D eigenvalue weighted by atomic mass is 10.1. The Morgan fingerprint density at radius 2 is 2.06 bits per heavy atom. The van der Waals surface area contributed by atoms with Crippen molar-refractivity contribution in [2.75, 3.05) is 20.1 Å². The van der Waals surface area contributed by atoms with Crippen molar-refractivity contribution in [2.45, 2.75) is 13.0 Å². The first-order valence-electron chi connectivity index (χ1n) is 9.82. The lowest BCUT2D eigenvalue weighted by Crippen LogP contribution is -2.53. The van der Waals surface area contributed by atoms with Crippen LogP contribution in [0.1, 0.15) is 26.5 Å².